The zero-order chi connectivity index (χ0) is 17.9. The molecule has 0 saturated heterocycles. The maximum absolute atomic E-state index is 8.60. The van der Waals surface area contributed by atoms with Gasteiger partial charge < -0.3 is 10.2 Å². The van der Waals surface area contributed by atoms with Gasteiger partial charge in [-0.2, -0.15) is 14.0 Å². The van der Waals surface area contributed by atoms with Crippen LogP contribution in [-0.4, -0.2) is 16.2 Å². The van der Waals surface area contributed by atoms with E-state index in [1.165, 1.54) is 0 Å². The molecule has 3 rings (SSSR count). The number of benzene rings is 2. The highest BCUT2D eigenvalue weighted by molar-refractivity contribution is 5.79. The van der Waals surface area contributed by atoms with Crippen molar-refractivity contribution < 1.29 is 33.3 Å². The molecule has 9 heteroatoms. The zero-order valence-corrected chi connectivity index (χ0v) is 13.8. The van der Waals surface area contributed by atoms with Crippen LogP contribution < -0.4 is 25.1 Å². The Labute approximate surface area is 139 Å². The number of hydrogen-bond acceptors (Lipinski definition) is 8. The lowest BCUT2D eigenvalue weighted by atomic mass is 10.1. The minimum Gasteiger partial charge on any atom is -0.453 e. The Morgan fingerprint density at radius 1 is 1.25 bits per heavy atom. The van der Waals surface area contributed by atoms with E-state index in [0.29, 0.717) is 11.3 Å². The number of aryl methyl sites for hydroxylation is 1. The molecule has 0 atom stereocenters. The lowest BCUT2D eigenvalue weighted by Crippen LogP contribution is -2.58. The fraction of sp³-hybridized carbons (Fsp3) is 0.200. The Bertz CT molecular complexity index is 883. The van der Waals surface area contributed by atoms with Gasteiger partial charge in [0.15, 0.2) is 11.3 Å². The Hall–Kier alpha value is -2.23. The van der Waals surface area contributed by atoms with Crippen molar-refractivity contribution in [2.75, 3.05) is 12.3 Å². The second kappa shape index (κ2) is 7.12. The van der Waals surface area contributed by atoms with E-state index in [4.69, 9.17) is 28.8 Å². The molecule has 1 aromatic rings. The van der Waals surface area contributed by atoms with Crippen LogP contribution in [0, 0.1) is 17.2 Å². The molecule has 8 nitrogen and oxygen atoms in total. The molecule has 0 aromatic heterocycles. The number of nitrogens with two attached hydrogens (primary N) is 1. The summed E-state index contributed by atoms with van der Waals surface area (Å²) >= 11 is 0. The van der Waals surface area contributed by atoms with Gasteiger partial charge in [-0.15, -0.1) is 0 Å². The van der Waals surface area contributed by atoms with E-state index in [-0.39, 0.29) is 0 Å². The van der Waals surface area contributed by atoms with Crippen molar-refractivity contribution in [3.63, 3.8) is 0 Å². The predicted octanol–water partition coefficient (Wildman–Crippen LogP) is -1.38. The van der Waals surface area contributed by atoms with E-state index in [1.807, 2.05) is 38.1 Å². The average Bonchev–Trinajstić information content (AvgIpc) is 2.45. The Morgan fingerprint density at radius 3 is 2.54 bits per heavy atom. The van der Waals surface area contributed by atoms with Gasteiger partial charge in [0.2, 0.25) is 0 Å². The smallest absolute Gasteiger partial charge is 0.155 e. The van der Waals surface area contributed by atoms with E-state index in [1.54, 1.807) is 6.07 Å². The maximum Gasteiger partial charge on any atom is 0.155 e. The number of nitrogens with zero attached hydrogens (tertiary/aromatic N) is 2. The van der Waals surface area contributed by atoms with Gasteiger partial charge in [-0.3, -0.25) is 4.99 Å². The molecule has 0 saturated carbocycles. The minimum atomic E-state index is -4.69. The summed E-state index contributed by atoms with van der Waals surface area (Å²) in [5.41, 5.74) is 9.87. The predicted molar refractivity (Wildman–Crippen MR) is 78.1 cm³/mol. The molecule has 0 radical (unpaired) electrons. The molecule has 0 bridgehead atoms. The molecule has 1 heterocycles. The topological polar surface area (TPSA) is 154 Å². The molecule has 0 amide bonds. The summed E-state index contributed by atoms with van der Waals surface area (Å²) in [5.74, 6) is 0.732. The van der Waals surface area contributed by atoms with Crippen molar-refractivity contribution in [2.45, 2.75) is 13.8 Å². The molecule has 1 aliphatic heterocycles. The second-order valence-electron chi connectivity index (χ2n) is 4.92. The third kappa shape index (κ3) is 4.88. The van der Waals surface area contributed by atoms with Gasteiger partial charge in [-0.25, -0.2) is 4.98 Å². The highest BCUT2D eigenvalue weighted by Crippen LogP contribution is 2.25. The zero-order valence-electron chi connectivity index (χ0n) is 13.0. The number of anilines is 1. The molecule has 1 aliphatic carbocycles. The number of nitrogen functional groups attached to an aromatic ring is 1. The number of fused-ring (bicyclic) bond motifs is 2. The third-order valence-electron chi connectivity index (χ3n) is 3.05. The molecule has 0 unspecified atom stereocenters. The molecule has 0 spiro atoms. The largest absolute Gasteiger partial charge is 0.453 e. The lowest BCUT2D eigenvalue weighted by Gasteiger charge is -2.08. The number of rotatable bonds is 1. The minimum absolute atomic E-state index is 0.669. The van der Waals surface area contributed by atoms with Gasteiger partial charge in [-0.05, 0) is 37.6 Å². The SMILES string of the molecule is CCN=c1cc2oc3cc(N)ccc3nc-2cc1C.[O-][Cl+3]([O-])([O-])O. The van der Waals surface area contributed by atoms with Crippen LogP contribution in [0.25, 0.3) is 22.6 Å². The van der Waals surface area contributed by atoms with Gasteiger partial charge >= 0.3 is 0 Å². The molecular weight excluding hydrogens is 338 g/mol. The monoisotopic (exact) mass is 353 g/mol. The Balaban J connectivity index is 0.000000368. The lowest BCUT2D eigenvalue weighted by molar-refractivity contribution is -1.92. The first-order chi connectivity index (χ1) is 11.2. The van der Waals surface area contributed by atoms with E-state index >= 15 is 0 Å². The van der Waals surface area contributed by atoms with E-state index in [2.05, 4.69) is 9.98 Å². The van der Waals surface area contributed by atoms with E-state index in [9.17, 15) is 0 Å². The van der Waals surface area contributed by atoms with Crippen LogP contribution in [0.15, 0.2) is 39.7 Å². The van der Waals surface area contributed by atoms with Gasteiger partial charge in [-0.1, -0.05) is 0 Å². The molecule has 2 aliphatic rings. The van der Waals surface area contributed by atoms with Crippen LogP contribution in [0.5, 0.6) is 0 Å². The van der Waals surface area contributed by atoms with Gasteiger partial charge in [0.25, 0.3) is 0 Å². The highest BCUT2D eigenvalue weighted by atomic mass is 35.7. The van der Waals surface area contributed by atoms with Gasteiger partial charge in [0, 0.05) is 24.4 Å². The molecule has 1 aromatic carbocycles. The first kappa shape index (κ1) is 18.1. The number of aromatic nitrogens is 1. The normalized spacial score (nSPS) is 12.3. The Kier molecular flexibility index (Phi) is 5.37. The van der Waals surface area contributed by atoms with Crippen molar-refractivity contribution in [1.29, 1.82) is 0 Å². The molecular formula is C15H16ClN3O5. The first-order valence-corrected chi connectivity index (χ1v) is 8.18. The number of halogens is 1. The first-order valence-electron chi connectivity index (χ1n) is 6.92. The molecule has 0 fully saturated rings. The van der Waals surface area contributed by atoms with Crippen LogP contribution in [-0.2, 0) is 0 Å². The summed E-state index contributed by atoms with van der Waals surface area (Å²) in [7, 11) is -4.69. The van der Waals surface area contributed by atoms with Crippen LogP contribution in [0.2, 0.25) is 0 Å². The van der Waals surface area contributed by atoms with Crippen LogP contribution in [0.3, 0.4) is 0 Å². The fourth-order valence-corrected chi connectivity index (χ4v) is 2.12. The summed E-state index contributed by atoms with van der Waals surface area (Å²) in [6.45, 7) is 4.79. The fourth-order valence-electron chi connectivity index (χ4n) is 2.12. The average molecular weight is 354 g/mol. The van der Waals surface area contributed by atoms with Crippen molar-refractivity contribution in [2.24, 2.45) is 4.99 Å². The van der Waals surface area contributed by atoms with Crippen molar-refractivity contribution >= 4 is 16.8 Å². The van der Waals surface area contributed by atoms with E-state index in [0.717, 1.165) is 34.4 Å². The van der Waals surface area contributed by atoms with Crippen LogP contribution in [0.1, 0.15) is 12.5 Å². The molecule has 128 valence electrons. The van der Waals surface area contributed by atoms with Crippen molar-refractivity contribution in [3.05, 3.63) is 41.3 Å². The van der Waals surface area contributed by atoms with Crippen LogP contribution in [0.4, 0.5) is 5.69 Å². The maximum atomic E-state index is 8.60. The van der Waals surface area contributed by atoms with Crippen molar-refractivity contribution in [1.82, 2.24) is 4.98 Å². The van der Waals surface area contributed by atoms with Gasteiger partial charge in [0.1, 0.15) is 11.2 Å². The molecule has 24 heavy (non-hydrogen) atoms. The highest BCUT2D eigenvalue weighted by Gasteiger charge is 2.10. The Morgan fingerprint density at radius 2 is 1.92 bits per heavy atom. The summed E-state index contributed by atoms with van der Waals surface area (Å²) in [6.07, 6.45) is 0. The summed E-state index contributed by atoms with van der Waals surface area (Å²) in [5, 5.41) is 0.948. The quantitative estimate of drug-likeness (QED) is 0.403. The molecule has 3 N–H and O–H groups in total. The summed E-state index contributed by atoms with van der Waals surface area (Å²) < 4.78 is 38.6. The van der Waals surface area contributed by atoms with Crippen LogP contribution >= 0.6 is 0 Å². The number of hydrogen-bond donors (Lipinski definition) is 2. The third-order valence-corrected chi connectivity index (χ3v) is 3.05. The summed E-state index contributed by atoms with van der Waals surface area (Å²) in [4.78, 5) is 9.03. The standard InChI is InChI=1S/C15H15N3O.ClHO4/c1-3-17-12-8-15-13(6-9(12)2)18-11-5-4-10(16)7-14(11)19-15;2-1(3,4)5/h4-8H,3,16H2,1-2H3;(H,2,3,4,5). The summed E-state index contributed by atoms with van der Waals surface area (Å²) in [6, 6.07) is 9.42. The second-order valence-corrected chi connectivity index (χ2v) is 5.71. The van der Waals surface area contributed by atoms with Crippen molar-refractivity contribution in [3.8, 4) is 11.5 Å². The van der Waals surface area contributed by atoms with E-state index < -0.39 is 10.2 Å². The van der Waals surface area contributed by atoms with Gasteiger partial charge in [0.05, 0.1) is 20.3 Å².